The maximum absolute atomic E-state index is 13.2. The highest BCUT2D eigenvalue weighted by Gasteiger charge is 2.27. The van der Waals surface area contributed by atoms with Gasteiger partial charge in [0, 0.05) is 12.1 Å². The summed E-state index contributed by atoms with van der Waals surface area (Å²) in [6, 6.07) is 4.31. The minimum atomic E-state index is -0.477. The SMILES string of the molecule is CNC1CCC(C)CC1Cc1cc(F)cc(F)c1. The normalized spacial score (nSPS) is 28.3. The molecular formula is C15H21F2N. The van der Waals surface area contributed by atoms with Gasteiger partial charge in [0.2, 0.25) is 0 Å². The molecule has 0 aliphatic heterocycles. The second-order valence-corrected chi connectivity index (χ2v) is 5.56. The Balaban J connectivity index is 2.10. The first-order valence-corrected chi connectivity index (χ1v) is 6.70. The number of benzene rings is 1. The molecule has 0 saturated heterocycles. The van der Waals surface area contributed by atoms with Crippen LogP contribution in [0.1, 0.15) is 31.7 Å². The molecular weight excluding hydrogens is 232 g/mol. The fourth-order valence-electron chi connectivity index (χ4n) is 3.14. The zero-order chi connectivity index (χ0) is 13.1. The Hall–Kier alpha value is -0.960. The first-order valence-electron chi connectivity index (χ1n) is 6.70. The van der Waals surface area contributed by atoms with Crippen molar-refractivity contribution in [3.63, 3.8) is 0 Å². The molecule has 1 nitrogen and oxygen atoms in total. The number of nitrogens with one attached hydrogen (secondary N) is 1. The quantitative estimate of drug-likeness (QED) is 0.869. The van der Waals surface area contributed by atoms with Gasteiger partial charge in [0.05, 0.1) is 0 Å². The third-order valence-corrected chi connectivity index (χ3v) is 4.04. The Kier molecular flexibility index (Phi) is 4.33. The topological polar surface area (TPSA) is 12.0 Å². The van der Waals surface area contributed by atoms with E-state index in [2.05, 4.69) is 12.2 Å². The molecule has 1 fully saturated rings. The summed E-state index contributed by atoms with van der Waals surface area (Å²) >= 11 is 0. The van der Waals surface area contributed by atoms with Crippen molar-refractivity contribution in [3.8, 4) is 0 Å². The second-order valence-electron chi connectivity index (χ2n) is 5.56. The van der Waals surface area contributed by atoms with Gasteiger partial charge in [-0.1, -0.05) is 6.92 Å². The highest BCUT2D eigenvalue weighted by molar-refractivity contribution is 5.19. The van der Waals surface area contributed by atoms with E-state index in [1.165, 1.54) is 18.6 Å². The highest BCUT2D eigenvalue weighted by Crippen LogP contribution is 2.31. The van der Waals surface area contributed by atoms with Crippen molar-refractivity contribution in [2.45, 2.75) is 38.6 Å². The van der Waals surface area contributed by atoms with Gasteiger partial charge in [0.15, 0.2) is 0 Å². The van der Waals surface area contributed by atoms with E-state index in [9.17, 15) is 8.78 Å². The minimum absolute atomic E-state index is 0.465. The lowest BCUT2D eigenvalue weighted by molar-refractivity contribution is 0.220. The average Bonchev–Trinajstić information content (AvgIpc) is 2.27. The van der Waals surface area contributed by atoms with E-state index < -0.39 is 11.6 Å². The lowest BCUT2D eigenvalue weighted by Crippen LogP contribution is -2.39. The first-order chi connectivity index (χ1) is 8.58. The van der Waals surface area contributed by atoms with Gasteiger partial charge in [-0.15, -0.1) is 0 Å². The predicted molar refractivity (Wildman–Crippen MR) is 69.4 cm³/mol. The Morgan fingerprint density at radius 2 is 1.83 bits per heavy atom. The van der Waals surface area contributed by atoms with Crippen molar-refractivity contribution in [1.82, 2.24) is 5.32 Å². The average molecular weight is 253 g/mol. The van der Waals surface area contributed by atoms with Crippen LogP contribution >= 0.6 is 0 Å². The first kappa shape index (κ1) is 13.5. The van der Waals surface area contributed by atoms with Crippen molar-refractivity contribution in [2.75, 3.05) is 7.05 Å². The monoisotopic (exact) mass is 253 g/mol. The molecule has 0 heterocycles. The van der Waals surface area contributed by atoms with Crippen LogP contribution in [0.15, 0.2) is 18.2 Å². The number of halogens is 2. The molecule has 1 aromatic carbocycles. The van der Waals surface area contributed by atoms with E-state index >= 15 is 0 Å². The third-order valence-electron chi connectivity index (χ3n) is 4.04. The number of rotatable bonds is 3. The molecule has 1 saturated carbocycles. The van der Waals surface area contributed by atoms with Crippen molar-refractivity contribution >= 4 is 0 Å². The smallest absolute Gasteiger partial charge is 0.126 e. The van der Waals surface area contributed by atoms with Gasteiger partial charge in [-0.25, -0.2) is 8.78 Å². The minimum Gasteiger partial charge on any atom is -0.317 e. The fraction of sp³-hybridized carbons (Fsp3) is 0.600. The molecule has 3 heteroatoms. The van der Waals surface area contributed by atoms with Gasteiger partial charge in [-0.05, 0) is 62.3 Å². The fourth-order valence-corrected chi connectivity index (χ4v) is 3.14. The maximum Gasteiger partial charge on any atom is 0.126 e. The van der Waals surface area contributed by atoms with Crippen LogP contribution in [-0.4, -0.2) is 13.1 Å². The van der Waals surface area contributed by atoms with Gasteiger partial charge >= 0.3 is 0 Å². The third kappa shape index (κ3) is 3.29. The van der Waals surface area contributed by atoms with Crippen LogP contribution < -0.4 is 5.32 Å². The summed E-state index contributed by atoms with van der Waals surface area (Å²) in [7, 11) is 1.97. The van der Waals surface area contributed by atoms with Crippen molar-refractivity contribution in [2.24, 2.45) is 11.8 Å². The number of hydrogen-bond donors (Lipinski definition) is 1. The summed E-state index contributed by atoms with van der Waals surface area (Å²) in [4.78, 5) is 0. The van der Waals surface area contributed by atoms with Gasteiger partial charge < -0.3 is 5.32 Å². The number of hydrogen-bond acceptors (Lipinski definition) is 1. The van der Waals surface area contributed by atoms with E-state index in [0.29, 0.717) is 17.9 Å². The van der Waals surface area contributed by atoms with Gasteiger partial charge in [0.25, 0.3) is 0 Å². The molecule has 1 aliphatic carbocycles. The summed E-state index contributed by atoms with van der Waals surface area (Å²) in [5, 5.41) is 3.34. The van der Waals surface area contributed by atoms with Crippen LogP contribution in [0.3, 0.4) is 0 Å². The summed E-state index contributed by atoms with van der Waals surface area (Å²) in [6.45, 7) is 2.26. The summed E-state index contributed by atoms with van der Waals surface area (Å²) in [6.07, 6.45) is 4.27. The van der Waals surface area contributed by atoms with Gasteiger partial charge in [-0.2, -0.15) is 0 Å². The van der Waals surface area contributed by atoms with E-state index in [4.69, 9.17) is 0 Å². The van der Waals surface area contributed by atoms with Crippen LogP contribution in [0.25, 0.3) is 0 Å². The molecule has 0 amide bonds. The summed E-state index contributed by atoms with van der Waals surface area (Å²) < 4.78 is 26.4. The Morgan fingerprint density at radius 3 is 2.44 bits per heavy atom. The molecule has 2 rings (SSSR count). The van der Waals surface area contributed by atoms with E-state index in [0.717, 1.165) is 30.9 Å². The molecule has 1 aromatic rings. The highest BCUT2D eigenvalue weighted by atomic mass is 19.1. The molecule has 0 radical (unpaired) electrons. The van der Waals surface area contributed by atoms with E-state index in [1.807, 2.05) is 7.05 Å². The zero-order valence-corrected chi connectivity index (χ0v) is 11.0. The molecule has 100 valence electrons. The van der Waals surface area contributed by atoms with Crippen LogP contribution in [0.4, 0.5) is 8.78 Å². The lowest BCUT2D eigenvalue weighted by atomic mass is 9.76. The lowest BCUT2D eigenvalue weighted by Gasteiger charge is -2.35. The van der Waals surface area contributed by atoms with Crippen LogP contribution in [0.2, 0.25) is 0 Å². The molecule has 0 bridgehead atoms. The maximum atomic E-state index is 13.2. The molecule has 0 spiro atoms. The van der Waals surface area contributed by atoms with Crippen molar-refractivity contribution in [1.29, 1.82) is 0 Å². The van der Waals surface area contributed by atoms with E-state index in [-0.39, 0.29) is 0 Å². The molecule has 1 N–H and O–H groups in total. The van der Waals surface area contributed by atoms with Crippen LogP contribution in [0, 0.1) is 23.5 Å². The zero-order valence-electron chi connectivity index (χ0n) is 11.0. The van der Waals surface area contributed by atoms with E-state index in [1.54, 1.807) is 0 Å². The Bertz CT molecular complexity index is 385. The largest absolute Gasteiger partial charge is 0.317 e. The van der Waals surface area contributed by atoms with Gasteiger partial charge in [-0.3, -0.25) is 0 Å². The molecule has 1 aliphatic rings. The predicted octanol–water partition coefficient (Wildman–Crippen LogP) is 3.53. The van der Waals surface area contributed by atoms with Crippen LogP contribution in [-0.2, 0) is 6.42 Å². The molecule has 3 unspecified atom stereocenters. The summed E-state index contributed by atoms with van der Waals surface area (Å²) in [5.41, 5.74) is 0.770. The molecule has 0 aromatic heterocycles. The van der Waals surface area contributed by atoms with Crippen molar-refractivity contribution in [3.05, 3.63) is 35.4 Å². The van der Waals surface area contributed by atoms with Crippen LogP contribution in [0.5, 0.6) is 0 Å². The second kappa shape index (κ2) is 5.79. The standard InChI is InChI=1S/C15H21F2N/c1-10-3-4-15(18-2)12(5-10)6-11-7-13(16)9-14(17)8-11/h7-10,12,15,18H,3-6H2,1-2H3. The Labute approximate surface area is 108 Å². The molecule has 18 heavy (non-hydrogen) atoms. The molecule has 3 atom stereocenters. The van der Waals surface area contributed by atoms with Gasteiger partial charge in [0.1, 0.15) is 11.6 Å². The Morgan fingerprint density at radius 1 is 1.17 bits per heavy atom. The van der Waals surface area contributed by atoms with Crippen molar-refractivity contribution < 1.29 is 8.78 Å². The summed E-state index contributed by atoms with van der Waals surface area (Å²) in [5.74, 6) is 0.225.